The van der Waals surface area contributed by atoms with Crippen molar-refractivity contribution in [3.63, 3.8) is 0 Å². The molecular formula is C19H21NOS. The lowest BCUT2D eigenvalue weighted by Crippen LogP contribution is -2.35. The van der Waals surface area contributed by atoms with E-state index in [0.29, 0.717) is 12.5 Å². The molecule has 0 saturated heterocycles. The van der Waals surface area contributed by atoms with Crippen molar-refractivity contribution in [3.8, 4) is 0 Å². The molecule has 1 aliphatic rings. The van der Waals surface area contributed by atoms with Crippen molar-refractivity contribution in [2.75, 3.05) is 6.54 Å². The van der Waals surface area contributed by atoms with Gasteiger partial charge in [0.2, 0.25) is 5.91 Å². The summed E-state index contributed by atoms with van der Waals surface area (Å²) in [4.78, 5) is 13.7. The molecule has 0 saturated carbocycles. The lowest BCUT2D eigenvalue weighted by molar-refractivity contribution is -0.120. The van der Waals surface area contributed by atoms with Gasteiger partial charge in [-0.3, -0.25) is 4.79 Å². The zero-order valence-electron chi connectivity index (χ0n) is 12.8. The number of carbonyl (C=O) groups is 1. The molecule has 1 N–H and O–H groups in total. The number of fused-ring (bicyclic) bond motifs is 1. The number of nitrogens with one attached hydrogen (secondary N) is 1. The Labute approximate surface area is 136 Å². The van der Waals surface area contributed by atoms with E-state index in [-0.39, 0.29) is 11.2 Å². The minimum Gasteiger partial charge on any atom is -0.355 e. The highest BCUT2D eigenvalue weighted by Gasteiger charge is 2.28. The summed E-state index contributed by atoms with van der Waals surface area (Å²) in [5, 5.41) is 3.17. The van der Waals surface area contributed by atoms with Crippen LogP contribution in [-0.4, -0.2) is 17.7 Å². The molecule has 1 heterocycles. The summed E-state index contributed by atoms with van der Waals surface area (Å²) in [5.41, 5.74) is 2.59. The maximum atomic E-state index is 12.4. The molecule has 2 nitrogen and oxygen atoms in total. The van der Waals surface area contributed by atoms with E-state index in [2.05, 4.69) is 48.6 Å². The van der Waals surface area contributed by atoms with Crippen molar-refractivity contribution in [1.29, 1.82) is 0 Å². The largest absolute Gasteiger partial charge is 0.355 e. The standard InChI is InChI=1S/C19H21NOS/c1-2-14(15-8-4-3-5-9-15)13-20-19(21)18-12-16-10-6-7-11-17(16)22-18/h3-11,14,18H,2,12-13H2,1H3,(H,20,21)/t14-,18+/m0/s1. The Balaban J connectivity index is 1.57. The number of benzene rings is 2. The lowest BCUT2D eigenvalue weighted by atomic mass is 9.96. The molecule has 0 fully saturated rings. The van der Waals surface area contributed by atoms with Crippen molar-refractivity contribution in [1.82, 2.24) is 5.32 Å². The van der Waals surface area contributed by atoms with E-state index in [1.54, 1.807) is 11.8 Å². The SMILES string of the molecule is CC[C@@H](CNC(=O)[C@H]1Cc2ccccc2S1)c1ccccc1. The van der Waals surface area contributed by atoms with E-state index in [1.807, 2.05) is 18.2 Å². The van der Waals surface area contributed by atoms with Crippen LogP contribution in [0.1, 0.15) is 30.4 Å². The molecule has 0 aromatic heterocycles. The highest BCUT2D eigenvalue weighted by molar-refractivity contribution is 8.01. The minimum atomic E-state index is 0.0191. The van der Waals surface area contributed by atoms with Crippen LogP contribution in [0.15, 0.2) is 59.5 Å². The van der Waals surface area contributed by atoms with E-state index >= 15 is 0 Å². The Bertz CT molecular complexity index is 616. The molecule has 114 valence electrons. The normalized spacial score (nSPS) is 17.8. The van der Waals surface area contributed by atoms with Crippen LogP contribution >= 0.6 is 11.8 Å². The van der Waals surface area contributed by atoms with Gasteiger partial charge in [0.1, 0.15) is 0 Å². The topological polar surface area (TPSA) is 29.1 Å². The summed E-state index contributed by atoms with van der Waals surface area (Å²) in [6.07, 6.45) is 1.87. The molecule has 3 rings (SSSR count). The predicted octanol–water partition coefficient (Wildman–Crippen LogP) is 4.01. The molecule has 2 aromatic carbocycles. The predicted molar refractivity (Wildman–Crippen MR) is 92.3 cm³/mol. The van der Waals surface area contributed by atoms with Gasteiger partial charge in [0.05, 0.1) is 5.25 Å². The van der Waals surface area contributed by atoms with Crippen molar-refractivity contribution >= 4 is 17.7 Å². The molecule has 1 amide bonds. The van der Waals surface area contributed by atoms with Gasteiger partial charge in [-0.25, -0.2) is 0 Å². The Morgan fingerprint density at radius 2 is 1.91 bits per heavy atom. The summed E-state index contributed by atoms with van der Waals surface area (Å²) >= 11 is 1.69. The second kappa shape index (κ2) is 7.01. The number of thioether (sulfide) groups is 1. The van der Waals surface area contributed by atoms with Crippen molar-refractivity contribution in [3.05, 3.63) is 65.7 Å². The second-order valence-corrected chi connectivity index (χ2v) is 6.92. The van der Waals surface area contributed by atoms with Crippen LogP contribution in [-0.2, 0) is 11.2 Å². The molecule has 2 aromatic rings. The smallest absolute Gasteiger partial charge is 0.233 e. The maximum Gasteiger partial charge on any atom is 0.233 e. The number of hydrogen-bond donors (Lipinski definition) is 1. The molecule has 0 aliphatic carbocycles. The first-order chi connectivity index (χ1) is 10.8. The summed E-state index contributed by atoms with van der Waals surface area (Å²) in [6.45, 7) is 2.89. The van der Waals surface area contributed by atoms with Crippen LogP contribution in [0.25, 0.3) is 0 Å². The summed E-state index contributed by atoms with van der Waals surface area (Å²) in [7, 11) is 0. The van der Waals surface area contributed by atoms with Gasteiger partial charge in [-0.1, -0.05) is 55.5 Å². The van der Waals surface area contributed by atoms with Gasteiger partial charge in [0, 0.05) is 17.4 Å². The molecule has 0 unspecified atom stereocenters. The molecule has 0 radical (unpaired) electrons. The first kappa shape index (κ1) is 15.2. The summed E-state index contributed by atoms with van der Waals surface area (Å²) < 4.78 is 0. The van der Waals surface area contributed by atoms with Gasteiger partial charge < -0.3 is 5.32 Å². The van der Waals surface area contributed by atoms with Crippen molar-refractivity contribution in [2.45, 2.75) is 35.8 Å². The molecule has 2 atom stereocenters. The lowest BCUT2D eigenvalue weighted by Gasteiger charge is -2.17. The summed E-state index contributed by atoms with van der Waals surface area (Å²) in [6, 6.07) is 18.7. The number of rotatable bonds is 5. The first-order valence-electron chi connectivity index (χ1n) is 7.85. The van der Waals surface area contributed by atoms with E-state index in [1.165, 1.54) is 16.0 Å². The first-order valence-corrected chi connectivity index (χ1v) is 8.73. The van der Waals surface area contributed by atoms with Gasteiger partial charge in [-0.2, -0.15) is 0 Å². The van der Waals surface area contributed by atoms with Crippen LogP contribution in [0.5, 0.6) is 0 Å². The van der Waals surface area contributed by atoms with Crippen LogP contribution in [0.3, 0.4) is 0 Å². The fourth-order valence-electron chi connectivity index (χ4n) is 2.89. The monoisotopic (exact) mass is 311 g/mol. The molecule has 0 spiro atoms. The van der Waals surface area contributed by atoms with Crippen LogP contribution < -0.4 is 5.32 Å². The maximum absolute atomic E-state index is 12.4. The van der Waals surface area contributed by atoms with Gasteiger partial charge in [-0.05, 0) is 30.0 Å². The van der Waals surface area contributed by atoms with Crippen molar-refractivity contribution < 1.29 is 4.79 Å². The fraction of sp³-hybridized carbons (Fsp3) is 0.316. The van der Waals surface area contributed by atoms with E-state index in [4.69, 9.17) is 0 Å². The van der Waals surface area contributed by atoms with Gasteiger partial charge >= 0.3 is 0 Å². The third-order valence-corrected chi connectivity index (χ3v) is 5.54. The third kappa shape index (κ3) is 3.36. The fourth-order valence-corrected chi connectivity index (χ4v) is 4.11. The number of hydrogen-bond acceptors (Lipinski definition) is 2. The molecular weight excluding hydrogens is 290 g/mol. The molecule has 3 heteroatoms. The Morgan fingerprint density at radius 3 is 2.64 bits per heavy atom. The Hall–Kier alpha value is -1.74. The zero-order chi connectivity index (χ0) is 15.4. The van der Waals surface area contributed by atoms with E-state index < -0.39 is 0 Å². The molecule has 22 heavy (non-hydrogen) atoms. The van der Waals surface area contributed by atoms with Crippen LogP contribution in [0.2, 0.25) is 0 Å². The highest BCUT2D eigenvalue weighted by atomic mass is 32.2. The van der Waals surface area contributed by atoms with Gasteiger partial charge in [0.25, 0.3) is 0 Å². The minimum absolute atomic E-state index is 0.0191. The van der Waals surface area contributed by atoms with E-state index in [0.717, 1.165) is 12.8 Å². The second-order valence-electron chi connectivity index (χ2n) is 5.68. The van der Waals surface area contributed by atoms with Crippen LogP contribution in [0.4, 0.5) is 0 Å². The van der Waals surface area contributed by atoms with Crippen molar-refractivity contribution in [2.24, 2.45) is 0 Å². The van der Waals surface area contributed by atoms with Gasteiger partial charge in [0.15, 0.2) is 0 Å². The van der Waals surface area contributed by atoms with Crippen LogP contribution in [0, 0.1) is 0 Å². The average molecular weight is 311 g/mol. The number of amides is 1. The molecule has 0 bridgehead atoms. The average Bonchev–Trinajstić information content (AvgIpc) is 3.00. The third-order valence-electron chi connectivity index (χ3n) is 4.23. The molecule has 1 aliphatic heterocycles. The summed E-state index contributed by atoms with van der Waals surface area (Å²) in [5.74, 6) is 0.550. The Morgan fingerprint density at radius 1 is 1.18 bits per heavy atom. The van der Waals surface area contributed by atoms with E-state index in [9.17, 15) is 4.79 Å². The quantitative estimate of drug-likeness (QED) is 0.904. The Kier molecular flexibility index (Phi) is 4.84. The zero-order valence-corrected chi connectivity index (χ0v) is 13.6. The number of carbonyl (C=O) groups excluding carboxylic acids is 1. The van der Waals surface area contributed by atoms with Gasteiger partial charge in [-0.15, -0.1) is 11.8 Å². The highest BCUT2D eigenvalue weighted by Crippen LogP contribution is 2.36.